The number of aromatic nitrogens is 2. The average molecular weight is 260 g/mol. The minimum Gasteiger partial charge on any atom is -0.393 e. The Labute approximate surface area is 110 Å². The lowest BCUT2D eigenvalue weighted by molar-refractivity contribution is 0.0991. The van der Waals surface area contributed by atoms with E-state index in [1.54, 1.807) is 0 Å². The van der Waals surface area contributed by atoms with Crippen LogP contribution >= 0.6 is 11.3 Å². The molecule has 1 atom stereocenters. The van der Waals surface area contributed by atoms with E-state index in [0.717, 1.165) is 25.7 Å². The van der Waals surface area contributed by atoms with Crippen LogP contribution in [0.5, 0.6) is 0 Å². The third kappa shape index (κ3) is 1.42. The van der Waals surface area contributed by atoms with Crippen LogP contribution in [0.1, 0.15) is 36.6 Å². The number of hydrogen-bond donors (Lipinski definition) is 1. The van der Waals surface area contributed by atoms with Gasteiger partial charge in [0, 0.05) is 10.4 Å². The summed E-state index contributed by atoms with van der Waals surface area (Å²) in [6.45, 7) is 0. The lowest BCUT2D eigenvalue weighted by atomic mass is 9.82. The monoisotopic (exact) mass is 260 g/mol. The maximum absolute atomic E-state index is 9.66. The summed E-state index contributed by atoms with van der Waals surface area (Å²) >= 11 is 1.86. The molecule has 0 saturated heterocycles. The molecule has 0 spiro atoms. The summed E-state index contributed by atoms with van der Waals surface area (Å²) in [5, 5.41) is 11.9. The van der Waals surface area contributed by atoms with Crippen LogP contribution < -0.4 is 0 Å². The first kappa shape index (κ1) is 10.8. The molecule has 2 aromatic heterocycles. The zero-order chi connectivity index (χ0) is 12.1. The highest BCUT2D eigenvalue weighted by Gasteiger charge is 2.36. The third-order valence-electron chi connectivity index (χ3n) is 4.39. The minimum absolute atomic E-state index is 0.0762. The highest BCUT2D eigenvalue weighted by atomic mass is 32.1. The van der Waals surface area contributed by atoms with Gasteiger partial charge in [-0.1, -0.05) is 0 Å². The van der Waals surface area contributed by atoms with Crippen LogP contribution in [-0.2, 0) is 0 Å². The second kappa shape index (κ2) is 3.93. The summed E-state index contributed by atoms with van der Waals surface area (Å²) in [6, 6.07) is 2.68. The van der Waals surface area contributed by atoms with E-state index in [9.17, 15) is 5.11 Å². The van der Waals surface area contributed by atoms with E-state index >= 15 is 0 Å². The number of hydrogen-bond acceptors (Lipinski definition) is 3. The van der Waals surface area contributed by atoms with Crippen molar-refractivity contribution in [2.45, 2.75) is 37.8 Å². The quantitative estimate of drug-likeness (QED) is 0.855. The van der Waals surface area contributed by atoms with E-state index in [1.807, 2.05) is 23.9 Å². The molecule has 94 valence electrons. The molecule has 1 N–H and O–H groups in total. The van der Waals surface area contributed by atoms with Gasteiger partial charge in [0.1, 0.15) is 0 Å². The number of imidazole rings is 1. The number of aliphatic hydroxyl groups is 1. The van der Waals surface area contributed by atoms with Crippen LogP contribution in [-0.4, -0.2) is 20.8 Å². The van der Waals surface area contributed by atoms with Crippen molar-refractivity contribution in [2.75, 3.05) is 0 Å². The van der Waals surface area contributed by atoms with Gasteiger partial charge in [-0.2, -0.15) is 0 Å². The normalized spacial score (nSPS) is 30.2. The summed E-state index contributed by atoms with van der Waals surface area (Å²) < 4.78 is 2.34. The Kier molecular flexibility index (Phi) is 2.35. The Morgan fingerprint density at radius 1 is 1.28 bits per heavy atom. The molecule has 4 rings (SSSR count). The smallest absolute Gasteiger partial charge is 0.0957 e. The SMILES string of the molecule is O[C@H]1CC[C@@H]([C@@H]2c3sccc3-c3cncn32)CC1. The van der Waals surface area contributed by atoms with Crippen LogP contribution in [0.25, 0.3) is 11.3 Å². The van der Waals surface area contributed by atoms with Crippen molar-refractivity contribution in [3.63, 3.8) is 0 Å². The van der Waals surface area contributed by atoms with Gasteiger partial charge in [0.05, 0.1) is 30.4 Å². The fourth-order valence-corrected chi connectivity index (χ4v) is 4.58. The van der Waals surface area contributed by atoms with Crippen molar-refractivity contribution in [3.05, 3.63) is 28.8 Å². The first-order valence-corrected chi connectivity index (χ1v) is 7.50. The van der Waals surface area contributed by atoms with Crippen LogP contribution in [0.2, 0.25) is 0 Å². The predicted molar refractivity (Wildman–Crippen MR) is 71.6 cm³/mol. The van der Waals surface area contributed by atoms with E-state index in [2.05, 4.69) is 21.0 Å². The van der Waals surface area contributed by atoms with Gasteiger partial charge < -0.3 is 9.67 Å². The second-order valence-electron chi connectivity index (χ2n) is 5.40. The van der Waals surface area contributed by atoms with Crippen LogP contribution in [0.4, 0.5) is 0 Å². The van der Waals surface area contributed by atoms with Crippen molar-refractivity contribution in [2.24, 2.45) is 5.92 Å². The average Bonchev–Trinajstić information content (AvgIpc) is 3.03. The topological polar surface area (TPSA) is 38.1 Å². The standard InChI is InChI=1S/C14H16N2OS/c17-10-3-1-9(2-4-10)13-14-11(5-6-18-14)12-7-15-8-16(12)13/h5-10,13,17H,1-4H2/t9-,10+,13-/m1/s1. The highest BCUT2D eigenvalue weighted by molar-refractivity contribution is 7.10. The molecule has 0 bridgehead atoms. The molecular weight excluding hydrogens is 244 g/mol. The van der Waals surface area contributed by atoms with Crippen molar-refractivity contribution in [1.29, 1.82) is 0 Å². The number of rotatable bonds is 1. The molecular formula is C14H16N2OS. The van der Waals surface area contributed by atoms with Crippen LogP contribution in [0.3, 0.4) is 0 Å². The summed E-state index contributed by atoms with van der Waals surface area (Å²) in [6.07, 6.45) is 8.02. The number of fused-ring (bicyclic) bond motifs is 3. The molecule has 2 aromatic rings. The van der Waals surface area contributed by atoms with Gasteiger partial charge in [0.25, 0.3) is 0 Å². The van der Waals surface area contributed by atoms with Gasteiger partial charge in [0.2, 0.25) is 0 Å². The number of thiophene rings is 1. The Hall–Kier alpha value is -1.13. The Balaban J connectivity index is 1.74. The third-order valence-corrected chi connectivity index (χ3v) is 5.38. The lowest BCUT2D eigenvalue weighted by Crippen LogP contribution is -2.25. The summed E-state index contributed by atoms with van der Waals surface area (Å²) in [5.74, 6) is 0.654. The predicted octanol–water partition coefficient (Wildman–Crippen LogP) is 3.07. The van der Waals surface area contributed by atoms with Crippen molar-refractivity contribution >= 4 is 11.3 Å². The molecule has 18 heavy (non-hydrogen) atoms. The first-order chi connectivity index (χ1) is 8.84. The first-order valence-electron chi connectivity index (χ1n) is 6.62. The van der Waals surface area contributed by atoms with Gasteiger partial charge in [0.15, 0.2) is 0 Å². The molecule has 0 aromatic carbocycles. The fraction of sp³-hybridized carbons (Fsp3) is 0.500. The zero-order valence-electron chi connectivity index (χ0n) is 10.1. The summed E-state index contributed by atoms with van der Waals surface area (Å²) in [7, 11) is 0. The lowest BCUT2D eigenvalue weighted by Gasteiger charge is -2.30. The van der Waals surface area contributed by atoms with E-state index in [4.69, 9.17) is 0 Å². The molecule has 1 fully saturated rings. The Morgan fingerprint density at radius 2 is 2.11 bits per heavy atom. The minimum atomic E-state index is -0.0762. The van der Waals surface area contributed by atoms with Gasteiger partial charge in [-0.25, -0.2) is 4.98 Å². The van der Waals surface area contributed by atoms with E-state index in [0.29, 0.717) is 12.0 Å². The van der Waals surface area contributed by atoms with Gasteiger partial charge in [-0.3, -0.25) is 0 Å². The molecule has 4 heteroatoms. The summed E-state index contributed by atoms with van der Waals surface area (Å²) in [5.41, 5.74) is 2.64. The van der Waals surface area contributed by atoms with Crippen molar-refractivity contribution < 1.29 is 5.11 Å². The molecule has 1 aliphatic heterocycles. The Morgan fingerprint density at radius 3 is 2.94 bits per heavy atom. The Bertz CT molecular complexity index is 526. The maximum atomic E-state index is 9.66. The second-order valence-corrected chi connectivity index (χ2v) is 6.35. The molecule has 1 saturated carbocycles. The zero-order valence-corrected chi connectivity index (χ0v) is 10.9. The molecule has 0 amide bonds. The molecule has 2 aliphatic rings. The molecule has 0 radical (unpaired) electrons. The van der Waals surface area contributed by atoms with Crippen molar-refractivity contribution in [3.8, 4) is 11.3 Å². The van der Waals surface area contributed by atoms with E-state index in [1.165, 1.54) is 16.1 Å². The highest BCUT2D eigenvalue weighted by Crippen LogP contribution is 2.49. The molecule has 3 heterocycles. The fourth-order valence-electron chi connectivity index (χ4n) is 3.48. The van der Waals surface area contributed by atoms with Gasteiger partial charge >= 0.3 is 0 Å². The van der Waals surface area contributed by atoms with Crippen molar-refractivity contribution in [1.82, 2.24) is 9.55 Å². The van der Waals surface area contributed by atoms with E-state index in [-0.39, 0.29) is 6.10 Å². The van der Waals surface area contributed by atoms with E-state index < -0.39 is 0 Å². The molecule has 1 aliphatic carbocycles. The maximum Gasteiger partial charge on any atom is 0.0957 e. The van der Waals surface area contributed by atoms with Gasteiger partial charge in [-0.05, 0) is 43.0 Å². The molecule has 0 unspecified atom stereocenters. The number of nitrogens with zero attached hydrogens (tertiary/aromatic N) is 2. The largest absolute Gasteiger partial charge is 0.393 e. The van der Waals surface area contributed by atoms with Crippen LogP contribution in [0.15, 0.2) is 24.0 Å². The number of aliphatic hydroxyl groups excluding tert-OH is 1. The molecule has 3 nitrogen and oxygen atoms in total. The van der Waals surface area contributed by atoms with Gasteiger partial charge in [-0.15, -0.1) is 11.3 Å². The summed E-state index contributed by atoms with van der Waals surface area (Å²) in [4.78, 5) is 5.79. The van der Waals surface area contributed by atoms with Crippen LogP contribution in [0, 0.1) is 5.92 Å².